The smallest absolute Gasteiger partial charge is 0.329 e. The minimum absolute atomic E-state index is 0.00157. The highest BCUT2D eigenvalue weighted by atomic mass is 35.5. The second-order valence-electron chi connectivity index (χ2n) is 2.92. The van der Waals surface area contributed by atoms with Crippen LogP contribution in [0.5, 0.6) is 5.75 Å². The summed E-state index contributed by atoms with van der Waals surface area (Å²) in [5, 5.41) is 9.16. The molecule has 0 fully saturated rings. The summed E-state index contributed by atoms with van der Waals surface area (Å²) in [5.74, 6) is 4.55. The van der Waals surface area contributed by atoms with E-state index in [0.29, 0.717) is 10.8 Å². The molecule has 0 spiro atoms. The van der Waals surface area contributed by atoms with Crippen molar-refractivity contribution in [1.29, 1.82) is 5.26 Å². The highest BCUT2D eigenvalue weighted by Crippen LogP contribution is 2.25. The van der Waals surface area contributed by atoms with Crippen LogP contribution in [-0.2, 0) is 9.63 Å². The number of nitrogens with two attached hydrogens (primary N) is 1. The van der Waals surface area contributed by atoms with Gasteiger partial charge in [0.15, 0.2) is 0 Å². The lowest BCUT2D eigenvalue weighted by Gasteiger charge is -2.07. The Morgan fingerprint density at radius 3 is 3.00 bits per heavy atom. The third kappa shape index (κ3) is 3.92. The van der Waals surface area contributed by atoms with E-state index < -0.39 is 5.97 Å². The Hall–Kier alpha value is -1.81. The lowest BCUT2D eigenvalue weighted by molar-refractivity contribution is -0.151. The van der Waals surface area contributed by atoms with Gasteiger partial charge >= 0.3 is 5.97 Å². The number of nitrogens with one attached hydrogen (secondary N) is 1. The minimum Gasteiger partial charge on any atom is -0.492 e. The standard InChI is InChI=1S/C10H10ClN3O3/c11-8-2-1-3-9(7(8)6-12)16-5-4-10(15)17-14-13/h1-3,14H,4-5,13H2. The molecule has 0 aliphatic heterocycles. The van der Waals surface area contributed by atoms with Crippen LogP contribution in [0.1, 0.15) is 12.0 Å². The average molecular weight is 256 g/mol. The van der Waals surface area contributed by atoms with Crippen molar-refractivity contribution >= 4 is 17.6 Å². The van der Waals surface area contributed by atoms with Crippen molar-refractivity contribution in [3.05, 3.63) is 28.8 Å². The number of carbonyl (C=O) groups excluding carboxylic acids is 1. The van der Waals surface area contributed by atoms with Crippen LogP contribution in [0.4, 0.5) is 0 Å². The van der Waals surface area contributed by atoms with Gasteiger partial charge in [-0.3, -0.25) is 4.79 Å². The van der Waals surface area contributed by atoms with Gasteiger partial charge in [-0.15, -0.1) is 0 Å². The Labute approximate surface area is 103 Å². The molecule has 1 aromatic rings. The van der Waals surface area contributed by atoms with Gasteiger partial charge < -0.3 is 9.57 Å². The molecule has 0 radical (unpaired) electrons. The van der Waals surface area contributed by atoms with Crippen LogP contribution in [0.15, 0.2) is 18.2 Å². The zero-order valence-electron chi connectivity index (χ0n) is 8.77. The molecule has 0 heterocycles. The molecule has 0 aliphatic rings. The summed E-state index contributed by atoms with van der Waals surface area (Å²) in [6.45, 7) is 0.0650. The van der Waals surface area contributed by atoms with Gasteiger partial charge in [0, 0.05) is 0 Å². The molecular formula is C10H10ClN3O3. The van der Waals surface area contributed by atoms with Crippen LogP contribution in [0.25, 0.3) is 0 Å². The minimum atomic E-state index is -0.562. The summed E-state index contributed by atoms with van der Waals surface area (Å²) >= 11 is 5.80. The van der Waals surface area contributed by atoms with Crippen LogP contribution in [0.2, 0.25) is 5.02 Å². The molecule has 7 heteroatoms. The second kappa shape index (κ2) is 6.70. The third-order valence-electron chi connectivity index (χ3n) is 1.82. The number of carbonyl (C=O) groups is 1. The number of hydrogen-bond acceptors (Lipinski definition) is 6. The molecule has 0 bridgehead atoms. The first-order valence-corrected chi connectivity index (χ1v) is 5.03. The lowest BCUT2D eigenvalue weighted by atomic mass is 10.2. The predicted octanol–water partition coefficient (Wildman–Crippen LogP) is 0.902. The molecule has 17 heavy (non-hydrogen) atoms. The zero-order valence-corrected chi connectivity index (χ0v) is 9.53. The maximum Gasteiger partial charge on any atom is 0.329 e. The summed E-state index contributed by atoms with van der Waals surface area (Å²) in [4.78, 5) is 15.2. The fraction of sp³-hybridized carbons (Fsp3) is 0.200. The van der Waals surface area contributed by atoms with Crippen LogP contribution in [0, 0.1) is 11.3 Å². The molecule has 1 aromatic carbocycles. The van der Waals surface area contributed by atoms with Crippen molar-refractivity contribution in [2.75, 3.05) is 6.61 Å². The number of hydrazine groups is 1. The van der Waals surface area contributed by atoms with E-state index in [1.807, 2.05) is 6.07 Å². The number of benzene rings is 1. The molecule has 90 valence electrons. The SMILES string of the molecule is N#Cc1c(Cl)cccc1OCCC(=O)ONN. The molecule has 0 unspecified atom stereocenters. The summed E-state index contributed by atoms with van der Waals surface area (Å²) in [6, 6.07) is 6.75. The van der Waals surface area contributed by atoms with Crippen LogP contribution in [0.3, 0.4) is 0 Å². The summed E-state index contributed by atoms with van der Waals surface area (Å²) < 4.78 is 5.25. The molecule has 0 amide bonds. The van der Waals surface area contributed by atoms with E-state index in [0.717, 1.165) is 0 Å². The van der Waals surface area contributed by atoms with Crippen molar-refractivity contribution in [3.63, 3.8) is 0 Å². The third-order valence-corrected chi connectivity index (χ3v) is 2.14. The summed E-state index contributed by atoms with van der Waals surface area (Å²) in [6.07, 6.45) is 0.00157. The summed E-state index contributed by atoms with van der Waals surface area (Å²) in [5.41, 5.74) is 2.00. The van der Waals surface area contributed by atoms with Crippen LogP contribution in [-0.4, -0.2) is 12.6 Å². The van der Waals surface area contributed by atoms with Gasteiger partial charge in [0.2, 0.25) is 0 Å². The van der Waals surface area contributed by atoms with Gasteiger partial charge in [-0.2, -0.15) is 5.26 Å². The van der Waals surface area contributed by atoms with Crippen molar-refractivity contribution < 1.29 is 14.4 Å². The first-order chi connectivity index (χ1) is 8.19. The Balaban J connectivity index is 2.56. The summed E-state index contributed by atoms with van der Waals surface area (Å²) in [7, 11) is 0. The number of rotatable bonds is 5. The van der Waals surface area contributed by atoms with E-state index in [4.69, 9.17) is 27.4 Å². The molecule has 6 nitrogen and oxygen atoms in total. The van der Waals surface area contributed by atoms with Gasteiger partial charge in [-0.25, -0.2) is 5.84 Å². The molecule has 0 aliphatic carbocycles. The van der Waals surface area contributed by atoms with Gasteiger partial charge in [-0.1, -0.05) is 23.3 Å². The first-order valence-electron chi connectivity index (χ1n) is 4.65. The van der Waals surface area contributed by atoms with Gasteiger partial charge in [-0.05, 0) is 12.1 Å². The van der Waals surface area contributed by atoms with Crippen molar-refractivity contribution in [2.45, 2.75) is 6.42 Å². The molecule has 1 rings (SSSR count). The van der Waals surface area contributed by atoms with E-state index in [-0.39, 0.29) is 18.6 Å². The fourth-order valence-electron chi connectivity index (χ4n) is 1.09. The van der Waals surface area contributed by atoms with Gasteiger partial charge in [0.05, 0.1) is 18.1 Å². The second-order valence-corrected chi connectivity index (χ2v) is 3.32. The maximum absolute atomic E-state index is 10.9. The van der Waals surface area contributed by atoms with E-state index in [1.165, 1.54) is 0 Å². The number of hydrogen-bond donors (Lipinski definition) is 2. The van der Waals surface area contributed by atoms with Gasteiger partial charge in [0.25, 0.3) is 0 Å². The molecular weight excluding hydrogens is 246 g/mol. The zero-order chi connectivity index (χ0) is 12.7. The van der Waals surface area contributed by atoms with Gasteiger partial charge in [0.1, 0.15) is 17.4 Å². The maximum atomic E-state index is 10.9. The van der Waals surface area contributed by atoms with Crippen molar-refractivity contribution in [2.24, 2.45) is 5.84 Å². The Kier molecular flexibility index (Phi) is 5.23. The predicted molar refractivity (Wildman–Crippen MR) is 59.7 cm³/mol. The Morgan fingerprint density at radius 1 is 1.59 bits per heavy atom. The fourth-order valence-corrected chi connectivity index (χ4v) is 1.30. The first kappa shape index (κ1) is 13.3. The monoisotopic (exact) mass is 255 g/mol. The topological polar surface area (TPSA) is 97.4 Å². The number of nitriles is 1. The molecule has 0 atom stereocenters. The number of ether oxygens (including phenoxy) is 1. The van der Waals surface area contributed by atoms with E-state index in [2.05, 4.69) is 4.84 Å². The van der Waals surface area contributed by atoms with Crippen molar-refractivity contribution in [3.8, 4) is 11.8 Å². The highest BCUT2D eigenvalue weighted by molar-refractivity contribution is 6.31. The number of halogens is 1. The van der Waals surface area contributed by atoms with E-state index in [9.17, 15) is 4.79 Å². The Bertz CT molecular complexity index is 445. The molecule has 0 saturated carbocycles. The average Bonchev–Trinajstić information content (AvgIpc) is 2.29. The number of nitrogens with zero attached hydrogens (tertiary/aromatic N) is 1. The normalized spacial score (nSPS) is 9.47. The van der Waals surface area contributed by atoms with Crippen LogP contribution >= 0.6 is 11.6 Å². The quantitative estimate of drug-likeness (QED) is 0.599. The lowest BCUT2D eigenvalue weighted by Crippen LogP contribution is -2.27. The molecule has 3 N–H and O–H groups in total. The molecule has 0 saturated heterocycles. The van der Waals surface area contributed by atoms with Crippen LogP contribution < -0.4 is 16.2 Å². The van der Waals surface area contributed by atoms with Crippen molar-refractivity contribution in [1.82, 2.24) is 5.59 Å². The van der Waals surface area contributed by atoms with E-state index >= 15 is 0 Å². The largest absolute Gasteiger partial charge is 0.492 e. The Morgan fingerprint density at radius 2 is 2.35 bits per heavy atom. The highest BCUT2D eigenvalue weighted by Gasteiger charge is 2.08. The van der Waals surface area contributed by atoms with E-state index in [1.54, 1.807) is 23.8 Å². The molecule has 0 aromatic heterocycles.